The number of likely N-dealkylation sites (N-methyl/N-ethyl adjacent to an activating group) is 1. The maximum atomic E-state index is 11.9. The molecule has 0 saturated heterocycles. The van der Waals surface area contributed by atoms with Gasteiger partial charge in [-0.05, 0) is 18.2 Å². The molecule has 2 aromatic rings. The highest BCUT2D eigenvalue weighted by Gasteiger charge is 2.14. The molecule has 23 heavy (non-hydrogen) atoms. The number of urea groups is 1. The van der Waals surface area contributed by atoms with Crippen LogP contribution in [0.4, 0.5) is 10.5 Å². The van der Waals surface area contributed by atoms with Crippen molar-refractivity contribution in [3.05, 3.63) is 65.2 Å². The molecule has 6 heteroatoms. The quantitative estimate of drug-likeness (QED) is 0.780. The summed E-state index contributed by atoms with van der Waals surface area (Å²) in [7, 11) is 1.87. The summed E-state index contributed by atoms with van der Waals surface area (Å²) >= 11 is 6.10. The highest BCUT2D eigenvalue weighted by atomic mass is 35.5. The molecule has 3 amide bonds. The lowest BCUT2D eigenvalue weighted by atomic mass is 10.2. The molecule has 0 heterocycles. The molecule has 5 nitrogen and oxygen atoms in total. The van der Waals surface area contributed by atoms with Crippen LogP contribution in [0.15, 0.2) is 54.6 Å². The van der Waals surface area contributed by atoms with E-state index in [-0.39, 0.29) is 12.5 Å². The highest BCUT2D eigenvalue weighted by Crippen LogP contribution is 2.13. The largest absolute Gasteiger partial charge is 0.326 e. The summed E-state index contributed by atoms with van der Waals surface area (Å²) in [5.41, 5.74) is 1.60. The molecule has 2 aromatic carbocycles. The molecule has 0 aliphatic rings. The van der Waals surface area contributed by atoms with Crippen molar-refractivity contribution in [1.29, 1.82) is 0 Å². The first-order valence-electron chi connectivity index (χ1n) is 7.25. The van der Waals surface area contributed by atoms with Crippen LogP contribution in [0.1, 0.15) is 5.56 Å². The lowest BCUT2D eigenvalue weighted by Gasteiger charge is -2.14. The van der Waals surface area contributed by atoms with Crippen LogP contribution in [-0.4, -0.2) is 25.5 Å². The first-order valence-corrected chi connectivity index (χ1v) is 7.63. The molecule has 0 spiro atoms. The summed E-state index contributed by atoms with van der Waals surface area (Å²) in [6.07, 6.45) is 0. The van der Waals surface area contributed by atoms with Gasteiger partial charge in [0.05, 0.1) is 7.05 Å². The Morgan fingerprint density at radius 2 is 1.70 bits per heavy atom. The van der Waals surface area contributed by atoms with E-state index in [0.717, 1.165) is 10.5 Å². The van der Waals surface area contributed by atoms with Crippen LogP contribution >= 0.6 is 11.6 Å². The van der Waals surface area contributed by atoms with Crippen LogP contribution in [0, 0.1) is 0 Å². The molecule has 120 valence electrons. The van der Waals surface area contributed by atoms with Crippen molar-refractivity contribution in [1.82, 2.24) is 5.32 Å². The predicted octanol–water partition coefficient (Wildman–Crippen LogP) is 1.70. The molecule has 3 N–H and O–H groups in total. The van der Waals surface area contributed by atoms with Gasteiger partial charge in [0.15, 0.2) is 6.54 Å². The zero-order valence-corrected chi connectivity index (χ0v) is 13.6. The highest BCUT2D eigenvalue weighted by molar-refractivity contribution is 6.31. The van der Waals surface area contributed by atoms with Crippen LogP contribution in [-0.2, 0) is 11.3 Å². The van der Waals surface area contributed by atoms with Gasteiger partial charge in [0.1, 0.15) is 6.54 Å². The summed E-state index contributed by atoms with van der Waals surface area (Å²) in [5, 5.41) is 5.60. The number of carbonyl (C=O) groups excluding carboxylic acids is 2. The molecular weight excluding hydrogens is 314 g/mol. The second-order valence-corrected chi connectivity index (χ2v) is 5.68. The second kappa shape index (κ2) is 8.31. The van der Waals surface area contributed by atoms with Crippen molar-refractivity contribution in [3.8, 4) is 0 Å². The van der Waals surface area contributed by atoms with Gasteiger partial charge < -0.3 is 10.2 Å². The molecule has 0 fully saturated rings. The first kappa shape index (κ1) is 17.0. The number of anilines is 1. The minimum Gasteiger partial charge on any atom is -0.326 e. The van der Waals surface area contributed by atoms with Crippen molar-refractivity contribution < 1.29 is 14.5 Å². The van der Waals surface area contributed by atoms with Crippen LogP contribution in [0.3, 0.4) is 0 Å². The van der Waals surface area contributed by atoms with Gasteiger partial charge in [0, 0.05) is 16.3 Å². The van der Waals surface area contributed by atoms with Gasteiger partial charge in [-0.3, -0.25) is 10.1 Å². The van der Waals surface area contributed by atoms with Crippen molar-refractivity contribution in [2.45, 2.75) is 6.54 Å². The van der Waals surface area contributed by atoms with Gasteiger partial charge in [-0.25, -0.2) is 4.79 Å². The van der Waals surface area contributed by atoms with Gasteiger partial charge in [-0.15, -0.1) is 0 Å². The van der Waals surface area contributed by atoms with E-state index < -0.39 is 6.03 Å². The minimum absolute atomic E-state index is 0.174. The summed E-state index contributed by atoms with van der Waals surface area (Å²) < 4.78 is 0. The minimum atomic E-state index is -0.535. The van der Waals surface area contributed by atoms with E-state index in [4.69, 9.17) is 11.6 Å². The third kappa shape index (κ3) is 5.73. The fourth-order valence-corrected chi connectivity index (χ4v) is 2.36. The van der Waals surface area contributed by atoms with Crippen LogP contribution < -0.4 is 15.5 Å². The number of hydrogen-bond donors (Lipinski definition) is 3. The van der Waals surface area contributed by atoms with Gasteiger partial charge in [0.2, 0.25) is 0 Å². The standard InChI is InChI=1S/C17H18ClN3O2/c1-21(11-13-7-5-6-10-15(13)18)12-16(22)20-17(23)19-14-8-3-2-4-9-14/h2-10H,11-12H2,1H3,(H2,19,20,22,23)/p+1. The van der Waals surface area contributed by atoms with E-state index in [0.29, 0.717) is 17.3 Å². The van der Waals surface area contributed by atoms with Crippen LogP contribution in [0.5, 0.6) is 0 Å². The van der Waals surface area contributed by atoms with Crippen molar-refractivity contribution >= 4 is 29.2 Å². The Kier molecular flexibility index (Phi) is 6.14. The zero-order valence-electron chi connectivity index (χ0n) is 12.8. The number of hydrogen-bond acceptors (Lipinski definition) is 2. The molecule has 0 saturated carbocycles. The van der Waals surface area contributed by atoms with Gasteiger partial charge in [0.25, 0.3) is 5.91 Å². The number of amides is 3. The predicted molar refractivity (Wildman–Crippen MR) is 90.5 cm³/mol. The van der Waals surface area contributed by atoms with E-state index in [9.17, 15) is 9.59 Å². The number of rotatable bonds is 5. The molecule has 0 radical (unpaired) electrons. The third-order valence-electron chi connectivity index (χ3n) is 3.20. The van der Waals surface area contributed by atoms with E-state index in [2.05, 4.69) is 10.6 Å². The maximum Gasteiger partial charge on any atom is 0.326 e. The number of carbonyl (C=O) groups is 2. The number of para-hydroxylation sites is 1. The number of benzene rings is 2. The normalized spacial score (nSPS) is 11.6. The molecule has 0 aliphatic heterocycles. The third-order valence-corrected chi connectivity index (χ3v) is 3.57. The van der Waals surface area contributed by atoms with Crippen LogP contribution in [0.25, 0.3) is 0 Å². The molecule has 0 aromatic heterocycles. The Hall–Kier alpha value is -2.37. The SMILES string of the molecule is C[NH+](CC(=O)NC(=O)Nc1ccccc1)Cc1ccccc1Cl. The molecule has 0 bridgehead atoms. The lowest BCUT2D eigenvalue weighted by molar-refractivity contribution is -0.885. The fraction of sp³-hybridized carbons (Fsp3) is 0.176. The summed E-state index contributed by atoms with van der Waals surface area (Å²) in [6.45, 7) is 0.779. The second-order valence-electron chi connectivity index (χ2n) is 5.27. The Morgan fingerprint density at radius 3 is 2.39 bits per heavy atom. The smallest absolute Gasteiger partial charge is 0.326 e. The number of imide groups is 1. The molecular formula is C17H19ClN3O2+. The van der Waals surface area contributed by atoms with E-state index in [1.807, 2.05) is 37.4 Å². The van der Waals surface area contributed by atoms with Crippen molar-refractivity contribution in [2.75, 3.05) is 18.9 Å². The summed E-state index contributed by atoms with van der Waals surface area (Å²) in [6, 6.07) is 15.9. The van der Waals surface area contributed by atoms with E-state index >= 15 is 0 Å². The summed E-state index contributed by atoms with van der Waals surface area (Å²) in [5.74, 6) is -0.344. The Bertz CT molecular complexity index is 677. The van der Waals surface area contributed by atoms with E-state index in [1.54, 1.807) is 24.3 Å². The van der Waals surface area contributed by atoms with Gasteiger partial charge in [-0.1, -0.05) is 48.0 Å². The monoisotopic (exact) mass is 332 g/mol. The average Bonchev–Trinajstić information content (AvgIpc) is 2.50. The lowest BCUT2D eigenvalue weighted by Crippen LogP contribution is -3.09. The molecule has 1 unspecified atom stereocenters. The van der Waals surface area contributed by atoms with E-state index in [1.165, 1.54) is 0 Å². The maximum absolute atomic E-state index is 11.9. The zero-order chi connectivity index (χ0) is 16.7. The average molecular weight is 333 g/mol. The van der Waals surface area contributed by atoms with Crippen molar-refractivity contribution in [2.24, 2.45) is 0 Å². The van der Waals surface area contributed by atoms with Gasteiger partial charge >= 0.3 is 6.03 Å². The Labute approximate surface area is 140 Å². The Morgan fingerprint density at radius 1 is 1.04 bits per heavy atom. The molecule has 0 aliphatic carbocycles. The first-order chi connectivity index (χ1) is 11.0. The topological polar surface area (TPSA) is 62.6 Å². The number of quaternary nitrogens is 1. The Balaban J connectivity index is 1.80. The van der Waals surface area contributed by atoms with Crippen molar-refractivity contribution in [3.63, 3.8) is 0 Å². The molecule has 1 atom stereocenters. The summed E-state index contributed by atoms with van der Waals surface area (Å²) in [4.78, 5) is 24.6. The number of halogens is 1. The van der Waals surface area contributed by atoms with Gasteiger partial charge in [-0.2, -0.15) is 0 Å². The van der Waals surface area contributed by atoms with Crippen LogP contribution in [0.2, 0.25) is 5.02 Å². The number of nitrogens with one attached hydrogen (secondary N) is 3. The molecule has 2 rings (SSSR count). The fourth-order valence-electron chi connectivity index (χ4n) is 2.16.